The maximum Gasteiger partial charge on any atom is 0.503 e. The molecule has 0 amide bonds. The summed E-state index contributed by atoms with van der Waals surface area (Å²) in [7, 11) is 0. The Morgan fingerprint density at radius 2 is 1.29 bits per heavy atom. The quantitative estimate of drug-likeness (QED) is 0.765. The summed E-state index contributed by atoms with van der Waals surface area (Å²) in [6, 6.07) is 0. The van der Waals surface area contributed by atoms with Crippen LogP contribution in [0.25, 0.3) is 0 Å². The minimum absolute atomic E-state index is 0.632. The Hall–Kier alpha value is -0.810. The minimum atomic E-state index is -1.83. The lowest BCUT2D eigenvalue weighted by Gasteiger charge is -2.30. The number of carboxylic acid groups (broad SMARTS) is 2. The van der Waals surface area contributed by atoms with E-state index >= 15 is 0 Å². The summed E-state index contributed by atoms with van der Waals surface area (Å²) in [6.07, 6.45) is 7.63. The molecule has 2 heterocycles. The molecule has 4 rings (SSSR count). The Morgan fingerprint density at radius 1 is 0.905 bits per heavy atom. The first kappa shape index (κ1) is 15.1. The minimum Gasteiger partial charge on any atom is -0.450 e. The summed E-state index contributed by atoms with van der Waals surface area (Å²) in [5.41, 5.74) is 0. The maximum atomic E-state index is 8.56. The molecule has 2 N–H and O–H groups in total. The van der Waals surface area contributed by atoms with Crippen LogP contribution < -0.4 is 0 Å². The zero-order valence-corrected chi connectivity index (χ0v) is 12.8. The first-order valence-electron chi connectivity index (χ1n) is 8.16. The van der Waals surface area contributed by atoms with Crippen LogP contribution in [-0.2, 0) is 9.47 Å². The van der Waals surface area contributed by atoms with Crippen molar-refractivity contribution in [2.24, 2.45) is 23.7 Å². The fraction of sp³-hybridized carbons (Fsp3) is 0.938. The van der Waals surface area contributed by atoms with Crippen LogP contribution in [0.2, 0.25) is 0 Å². The third kappa shape index (κ3) is 3.69. The molecule has 2 aliphatic carbocycles. The van der Waals surface area contributed by atoms with Crippen molar-refractivity contribution >= 4 is 6.16 Å². The van der Waals surface area contributed by atoms with Gasteiger partial charge in [0.1, 0.15) is 0 Å². The van der Waals surface area contributed by atoms with Crippen LogP contribution in [0.4, 0.5) is 4.79 Å². The predicted octanol–water partition coefficient (Wildman–Crippen LogP) is 3.23. The predicted molar refractivity (Wildman–Crippen MR) is 76.4 cm³/mol. The van der Waals surface area contributed by atoms with Crippen LogP contribution in [0.3, 0.4) is 0 Å². The third-order valence-electron chi connectivity index (χ3n) is 5.57. The summed E-state index contributed by atoms with van der Waals surface area (Å²) >= 11 is 0. The van der Waals surface area contributed by atoms with Gasteiger partial charge in [0, 0.05) is 0 Å². The average molecular weight is 298 g/mol. The van der Waals surface area contributed by atoms with E-state index in [4.69, 9.17) is 24.5 Å². The molecule has 0 aromatic heterocycles. The van der Waals surface area contributed by atoms with Crippen molar-refractivity contribution in [2.75, 3.05) is 0 Å². The van der Waals surface area contributed by atoms with E-state index in [0.717, 1.165) is 23.7 Å². The largest absolute Gasteiger partial charge is 0.503 e. The van der Waals surface area contributed by atoms with Gasteiger partial charge < -0.3 is 19.7 Å². The topological polar surface area (TPSA) is 82.6 Å². The molecule has 0 bridgehead atoms. The second-order valence-electron chi connectivity index (χ2n) is 7.43. The van der Waals surface area contributed by atoms with Crippen molar-refractivity contribution < 1.29 is 24.5 Å². The normalized spacial score (nSPS) is 50.0. The monoisotopic (exact) mass is 298 g/mol. The van der Waals surface area contributed by atoms with Crippen LogP contribution in [0.5, 0.6) is 0 Å². The zero-order chi connectivity index (χ0) is 15.1. The van der Waals surface area contributed by atoms with Gasteiger partial charge in [0.25, 0.3) is 0 Å². The molecule has 4 fully saturated rings. The van der Waals surface area contributed by atoms with E-state index < -0.39 is 6.16 Å². The van der Waals surface area contributed by atoms with Gasteiger partial charge in [-0.3, -0.25) is 0 Å². The van der Waals surface area contributed by atoms with Gasteiger partial charge in [-0.1, -0.05) is 13.8 Å². The maximum absolute atomic E-state index is 8.56. The summed E-state index contributed by atoms with van der Waals surface area (Å²) in [5.74, 6) is 3.48. The van der Waals surface area contributed by atoms with E-state index in [2.05, 4.69) is 13.8 Å². The SMILES string of the molecule is CC1CC(CC2CC(C)C3OC3C2)CC2OC12.O=C(O)O. The van der Waals surface area contributed by atoms with Crippen molar-refractivity contribution in [3.63, 3.8) is 0 Å². The highest BCUT2D eigenvalue weighted by atomic mass is 16.6. The number of hydrogen-bond acceptors (Lipinski definition) is 3. The van der Waals surface area contributed by atoms with Crippen LogP contribution in [-0.4, -0.2) is 40.8 Å². The average Bonchev–Trinajstić information content (AvgIpc) is 3.19. The van der Waals surface area contributed by atoms with Gasteiger partial charge in [0.05, 0.1) is 24.4 Å². The van der Waals surface area contributed by atoms with E-state index in [1.807, 2.05) is 0 Å². The number of epoxide rings is 2. The number of hydrogen-bond donors (Lipinski definition) is 2. The zero-order valence-electron chi connectivity index (χ0n) is 12.8. The molecule has 2 saturated carbocycles. The number of rotatable bonds is 2. The van der Waals surface area contributed by atoms with Crippen molar-refractivity contribution in [2.45, 2.75) is 70.4 Å². The molecule has 0 aromatic carbocycles. The Kier molecular flexibility index (Phi) is 4.14. The molecule has 5 heteroatoms. The fourth-order valence-electron chi connectivity index (χ4n) is 4.72. The Balaban J connectivity index is 0.000000298. The van der Waals surface area contributed by atoms with Crippen molar-refractivity contribution in [3.05, 3.63) is 0 Å². The van der Waals surface area contributed by atoms with Crippen LogP contribution in [0.15, 0.2) is 0 Å². The lowest BCUT2D eigenvalue weighted by Crippen LogP contribution is -2.27. The summed E-state index contributed by atoms with van der Waals surface area (Å²) in [5, 5.41) is 13.9. The molecule has 8 unspecified atom stereocenters. The fourth-order valence-corrected chi connectivity index (χ4v) is 4.72. The highest BCUT2D eigenvalue weighted by molar-refractivity contribution is 5.53. The molecular formula is C16H26O5. The van der Waals surface area contributed by atoms with E-state index in [-0.39, 0.29) is 0 Å². The van der Waals surface area contributed by atoms with Gasteiger partial charge in [-0.2, -0.15) is 0 Å². The van der Waals surface area contributed by atoms with Gasteiger partial charge in [-0.25, -0.2) is 4.79 Å². The Morgan fingerprint density at radius 3 is 1.62 bits per heavy atom. The lowest BCUT2D eigenvalue weighted by molar-refractivity contribution is 0.137. The van der Waals surface area contributed by atoms with Gasteiger partial charge in [0.2, 0.25) is 0 Å². The molecule has 120 valence electrons. The second kappa shape index (κ2) is 5.76. The summed E-state index contributed by atoms with van der Waals surface area (Å²) in [6.45, 7) is 4.75. The molecular weight excluding hydrogens is 272 g/mol. The van der Waals surface area contributed by atoms with E-state index in [1.165, 1.54) is 32.1 Å². The molecule has 0 spiro atoms. The molecule has 8 atom stereocenters. The van der Waals surface area contributed by atoms with E-state index in [1.54, 1.807) is 0 Å². The molecule has 5 nitrogen and oxygen atoms in total. The van der Waals surface area contributed by atoms with Gasteiger partial charge in [-0.05, 0) is 55.8 Å². The Labute approximate surface area is 125 Å². The van der Waals surface area contributed by atoms with Gasteiger partial charge >= 0.3 is 6.16 Å². The first-order valence-corrected chi connectivity index (χ1v) is 8.16. The lowest BCUT2D eigenvalue weighted by atomic mass is 9.73. The van der Waals surface area contributed by atoms with Crippen LogP contribution in [0.1, 0.15) is 46.0 Å². The van der Waals surface area contributed by atoms with Crippen molar-refractivity contribution in [3.8, 4) is 0 Å². The molecule has 0 radical (unpaired) electrons. The Bertz CT molecular complexity index is 364. The highest BCUT2D eigenvalue weighted by Gasteiger charge is 2.51. The van der Waals surface area contributed by atoms with E-state index in [0.29, 0.717) is 24.4 Å². The molecule has 4 aliphatic rings. The van der Waals surface area contributed by atoms with Crippen molar-refractivity contribution in [1.82, 2.24) is 0 Å². The first-order chi connectivity index (χ1) is 9.94. The smallest absolute Gasteiger partial charge is 0.450 e. The third-order valence-corrected chi connectivity index (χ3v) is 5.57. The van der Waals surface area contributed by atoms with Gasteiger partial charge in [0.15, 0.2) is 0 Å². The molecule has 2 saturated heterocycles. The van der Waals surface area contributed by atoms with Crippen LogP contribution >= 0.6 is 0 Å². The molecule has 0 aromatic rings. The second-order valence-corrected chi connectivity index (χ2v) is 7.43. The van der Waals surface area contributed by atoms with Gasteiger partial charge in [-0.15, -0.1) is 0 Å². The molecule has 21 heavy (non-hydrogen) atoms. The number of carbonyl (C=O) groups is 1. The summed E-state index contributed by atoms with van der Waals surface area (Å²) in [4.78, 5) is 8.56. The standard InChI is InChI=1S/C15H24O2.CH2O3/c1-8-3-10(6-12-14(8)16-12)5-11-4-9(2)15-13(7-11)17-15;2-1(3)4/h8-15H,3-7H2,1-2H3;(H2,2,3,4). The number of ether oxygens (including phenoxy) is 2. The number of fused-ring (bicyclic) bond motifs is 2. The van der Waals surface area contributed by atoms with E-state index in [9.17, 15) is 0 Å². The van der Waals surface area contributed by atoms with Crippen molar-refractivity contribution in [1.29, 1.82) is 0 Å². The highest BCUT2D eigenvalue weighted by Crippen LogP contribution is 2.49. The molecule has 2 aliphatic heterocycles. The summed E-state index contributed by atoms with van der Waals surface area (Å²) < 4.78 is 11.5. The van der Waals surface area contributed by atoms with Crippen LogP contribution in [0, 0.1) is 23.7 Å².